The second-order valence-electron chi connectivity index (χ2n) is 6.21. The summed E-state index contributed by atoms with van der Waals surface area (Å²) in [5.74, 6) is -1.26. The number of carbonyl (C=O) groups is 2. The Morgan fingerprint density at radius 1 is 1.15 bits per heavy atom. The number of carbonyl (C=O) groups excluding carboxylic acids is 2. The highest BCUT2D eigenvalue weighted by atomic mass is 32.2. The van der Waals surface area contributed by atoms with Gasteiger partial charge in [-0.15, -0.1) is 0 Å². The highest BCUT2D eigenvalue weighted by molar-refractivity contribution is 7.89. The van der Waals surface area contributed by atoms with Gasteiger partial charge >= 0.3 is 5.97 Å². The average Bonchev–Trinajstić information content (AvgIpc) is 2.61. The zero-order chi connectivity index (χ0) is 20.2. The summed E-state index contributed by atoms with van der Waals surface area (Å²) in [6.45, 7) is 5.02. The number of hydrogen-bond acceptors (Lipinski definition) is 5. The van der Waals surface area contributed by atoms with Crippen molar-refractivity contribution in [2.75, 3.05) is 0 Å². The third-order valence-electron chi connectivity index (χ3n) is 4.12. The van der Waals surface area contributed by atoms with Crippen molar-refractivity contribution in [3.63, 3.8) is 0 Å². The molecule has 27 heavy (non-hydrogen) atoms. The minimum atomic E-state index is -3.98. The Hall–Kier alpha value is -2.71. The van der Waals surface area contributed by atoms with Crippen LogP contribution < -0.4 is 10.5 Å². The number of benzene rings is 2. The Kier molecular flexibility index (Phi) is 6.35. The molecule has 1 amide bonds. The maximum atomic E-state index is 12.3. The van der Waals surface area contributed by atoms with Gasteiger partial charge in [-0.1, -0.05) is 30.3 Å². The minimum absolute atomic E-state index is 0.0184. The summed E-state index contributed by atoms with van der Waals surface area (Å²) in [4.78, 5) is 24.3. The van der Waals surface area contributed by atoms with E-state index in [0.717, 1.165) is 11.6 Å². The molecule has 0 bridgehead atoms. The highest BCUT2D eigenvalue weighted by Gasteiger charge is 2.22. The van der Waals surface area contributed by atoms with Gasteiger partial charge in [0.15, 0.2) is 6.10 Å². The molecule has 7 nitrogen and oxygen atoms in total. The summed E-state index contributed by atoms with van der Waals surface area (Å²) in [5.41, 5.74) is 1.97. The van der Waals surface area contributed by atoms with E-state index in [1.807, 2.05) is 30.3 Å². The molecule has 0 aliphatic carbocycles. The Bertz CT molecular complexity index is 956. The maximum absolute atomic E-state index is 12.3. The van der Waals surface area contributed by atoms with Crippen molar-refractivity contribution >= 4 is 21.9 Å². The molecule has 2 aromatic rings. The van der Waals surface area contributed by atoms with Gasteiger partial charge in [-0.05, 0) is 49.6 Å². The third-order valence-corrected chi connectivity index (χ3v) is 5.16. The molecule has 2 rings (SSSR count). The molecule has 3 N–H and O–H groups in total. The molecule has 0 fully saturated rings. The lowest BCUT2D eigenvalue weighted by Crippen LogP contribution is -2.35. The lowest BCUT2D eigenvalue weighted by Gasteiger charge is -2.15. The fraction of sp³-hybridized carbons (Fsp3) is 0.263. The molecule has 1 atom stereocenters. The number of sulfonamides is 1. The number of rotatable bonds is 6. The number of ether oxygens (including phenoxy) is 1. The van der Waals surface area contributed by atoms with Crippen LogP contribution >= 0.6 is 0 Å². The topological polar surface area (TPSA) is 116 Å². The summed E-state index contributed by atoms with van der Waals surface area (Å²) in [6.07, 6.45) is -1.04. The predicted molar refractivity (Wildman–Crippen MR) is 100 cm³/mol. The molecule has 0 saturated heterocycles. The van der Waals surface area contributed by atoms with Crippen LogP contribution in [0.4, 0.5) is 0 Å². The average molecular weight is 390 g/mol. The van der Waals surface area contributed by atoms with Gasteiger partial charge in [0.05, 0.1) is 10.5 Å². The van der Waals surface area contributed by atoms with Gasteiger partial charge in [-0.3, -0.25) is 4.79 Å². The van der Waals surface area contributed by atoms with E-state index in [2.05, 4.69) is 5.32 Å². The van der Waals surface area contributed by atoms with Gasteiger partial charge in [0, 0.05) is 6.54 Å². The number of nitrogens with one attached hydrogen (secondary N) is 1. The Morgan fingerprint density at radius 3 is 2.37 bits per heavy atom. The first-order valence-electron chi connectivity index (χ1n) is 8.26. The molecular weight excluding hydrogens is 368 g/mol. The fourth-order valence-electron chi connectivity index (χ4n) is 2.45. The van der Waals surface area contributed by atoms with E-state index in [-0.39, 0.29) is 10.5 Å². The SMILES string of the molecule is Cc1cc(C(=O)OC(C)C(=O)NCc2ccccc2)cc(S(N)(=O)=O)c1C. The second kappa shape index (κ2) is 8.32. The summed E-state index contributed by atoms with van der Waals surface area (Å²) in [5, 5.41) is 7.88. The van der Waals surface area contributed by atoms with Crippen LogP contribution in [0.2, 0.25) is 0 Å². The summed E-state index contributed by atoms with van der Waals surface area (Å²) in [6, 6.07) is 12.0. The molecule has 0 spiro atoms. The van der Waals surface area contributed by atoms with Crippen LogP contribution in [0.15, 0.2) is 47.4 Å². The summed E-state index contributed by atoms with van der Waals surface area (Å²) in [7, 11) is -3.98. The number of aryl methyl sites for hydroxylation is 1. The fourth-order valence-corrected chi connectivity index (χ4v) is 3.33. The third kappa shape index (κ3) is 5.38. The van der Waals surface area contributed by atoms with E-state index >= 15 is 0 Å². The van der Waals surface area contributed by atoms with Crippen LogP contribution in [0.1, 0.15) is 34.0 Å². The number of amides is 1. The first-order valence-corrected chi connectivity index (χ1v) is 9.81. The molecule has 0 radical (unpaired) electrons. The maximum Gasteiger partial charge on any atom is 0.338 e. The van der Waals surface area contributed by atoms with Gasteiger partial charge in [-0.25, -0.2) is 18.4 Å². The van der Waals surface area contributed by atoms with Crippen LogP contribution in [-0.4, -0.2) is 26.4 Å². The van der Waals surface area contributed by atoms with Crippen molar-refractivity contribution in [3.8, 4) is 0 Å². The normalized spacial score (nSPS) is 12.3. The van der Waals surface area contributed by atoms with Gasteiger partial charge in [-0.2, -0.15) is 0 Å². The lowest BCUT2D eigenvalue weighted by molar-refractivity contribution is -0.129. The summed E-state index contributed by atoms with van der Waals surface area (Å²) < 4.78 is 28.5. The van der Waals surface area contributed by atoms with Crippen LogP contribution in [0.25, 0.3) is 0 Å². The molecule has 1 unspecified atom stereocenters. The van der Waals surface area contributed by atoms with Gasteiger partial charge in [0.2, 0.25) is 10.0 Å². The van der Waals surface area contributed by atoms with Crippen molar-refractivity contribution in [2.45, 2.75) is 38.3 Å². The van der Waals surface area contributed by atoms with Gasteiger partial charge < -0.3 is 10.1 Å². The first kappa shape index (κ1) is 20.6. The highest BCUT2D eigenvalue weighted by Crippen LogP contribution is 2.21. The van der Waals surface area contributed by atoms with Crippen LogP contribution in [0.3, 0.4) is 0 Å². The molecule has 0 heterocycles. The Labute approximate surface area is 158 Å². The van der Waals surface area contributed by atoms with Gasteiger partial charge in [0.1, 0.15) is 0 Å². The second-order valence-corrected chi connectivity index (χ2v) is 7.74. The van der Waals surface area contributed by atoms with Crippen LogP contribution in [0.5, 0.6) is 0 Å². The quantitative estimate of drug-likeness (QED) is 0.730. The molecule has 2 aromatic carbocycles. The Balaban J connectivity index is 2.08. The van der Waals surface area contributed by atoms with Gasteiger partial charge in [0.25, 0.3) is 5.91 Å². The predicted octanol–water partition coefficient (Wildman–Crippen LogP) is 1.81. The van der Waals surface area contributed by atoms with Crippen molar-refractivity contribution < 1.29 is 22.7 Å². The van der Waals surface area contributed by atoms with E-state index < -0.39 is 28.0 Å². The molecule has 8 heteroatoms. The number of hydrogen-bond donors (Lipinski definition) is 2. The minimum Gasteiger partial charge on any atom is -0.449 e. The first-order chi connectivity index (χ1) is 12.6. The summed E-state index contributed by atoms with van der Waals surface area (Å²) >= 11 is 0. The molecule has 0 saturated carbocycles. The van der Waals surface area contributed by atoms with E-state index in [9.17, 15) is 18.0 Å². The molecular formula is C19H22N2O5S. The molecule has 0 aliphatic heterocycles. The van der Waals surface area contributed by atoms with Crippen molar-refractivity contribution in [3.05, 3.63) is 64.7 Å². The monoisotopic (exact) mass is 390 g/mol. The molecule has 0 aromatic heterocycles. The molecule has 144 valence electrons. The zero-order valence-electron chi connectivity index (χ0n) is 15.4. The van der Waals surface area contributed by atoms with Crippen molar-refractivity contribution in [2.24, 2.45) is 5.14 Å². The smallest absolute Gasteiger partial charge is 0.338 e. The van der Waals surface area contributed by atoms with Crippen molar-refractivity contribution in [1.29, 1.82) is 0 Å². The standard InChI is InChI=1S/C19H22N2O5S/c1-12-9-16(10-17(13(12)2)27(20,24)25)19(23)26-14(3)18(22)21-11-15-7-5-4-6-8-15/h4-10,14H,11H2,1-3H3,(H,21,22)(H2,20,24,25). The molecule has 0 aliphatic rings. The lowest BCUT2D eigenvalue weighted by atomic mass is 10.1. The van der Waals surface area contributed by atoms with E-state index in [0.29, 0.717) is 17.7 Å². The zero-order valence-corrected chi connectivity index (χ0v) is 16.2. The van der Waals surface area contributed by atoms with Crippen LogP contribution in [-0.2, 0) is 26.1 Å². The van der Waals surface area contributed by atoms with E-state index in [1.165, 1.54) is 13.0 Å². The largest absolute Gasteiger partial charge is 0.449 e. The number of primary sulfonamides is 1. The van der Waals surface area contributed by atoms with E-state index in [1.54, 1.807) is 13.8 Å². The van der Waals surface area contributed by atoms with E-state index in [4.69, 9.17) is 9.88 Å². The Morgan fingerprint density at radius 2 is 1.78 bits per heavy atom. The number of esters is 1. The number of nitrogens with two attached hydrogens (primary N) is 1. The van der Waals surface area contributed by atoms with Crippen LogP contribution in [0, 0.1) is 13.8 Å². The van der Waals surface area contributed by atoms with Crippen molar-refractivity contribution in [1.82, 2.24) is 5.32 Å².